The highest BCUT2D eigenvalue weighted by Crippen LogP contribution is 2.23. The SMILES string of the molecule is CCCCNC(=O)C(CC)N(Cc1ccccc1C)C(=O)COc1ccccc1Cl. The fraction of sp³-hybridized carbons (Fsp3) is 0.417. The number of hydrogen-bond acceptors (Lipinski definition) is 3. The van der Waals surface area contributed by atoms with Crippen molar-refractivity contribution >= 4 is 23.4 Å². The number of halogens is 1. The van der Waals surface area contributed by atoms with Gasteiger partial charge in [-0.25, -0.2) is 0 Å². The van der Waals surface area contributed by atoms with Gasteiger partial charge in [0.05, 0.1) is 5.02 Å². The van der Waals surface area contributed by atoms with Gasteiger partial charge in [-0.2, -0.15) is 0 Å². The van der Waals surface area contributed by atoms with Crippen LogP contribution in [0.15, 0.2) is 48.5 Å². The zero-order chi connectivity index (χ0) is 21.9. The van der Waals surface area contributed by atoms with Gasteiger partial charge in [-0.3, -0.25) is 9.59 Å². The van der Waals surface area contributed by atoms with Crippen molar-refractivity contribution < 1.29 is 14.3 Å². The topological polar surface area (TPSA) is 58.6 Å². The number of hydrogen-bond donors (Lipinski definition) is 1. The van der Waals surface area contributed by atoms with Crippen LogP contribution in [0.4, 0.5) is 0 Å². The van der Waals surface area contributed by atoms with Crippen molar-refractivity contribution in [3.05, 3.63) is 64.7 Å². The average molecular weight is 431 g/mol. The van der Waals surface area contributed by atoms with Gasteiger partial charge in [0, 0.05) is 13.1 Å². The van der Waals surface area contributed by atoms with E-state index in [4.69, 9.17) is 16.3 Å². The van der Waals surface area contributed by atoms with Crippen molar-refractivity contribution in [1.82, 2.24) is 10.2 Å². The number of aryl methyl sites for hydroxylation is 1. The lowest BCUT2D eigenvalue weighted by Crippen LogP contribution is -2.50. The molecule has 0 aromatic heterocycles. The minimum atomic E-state index is -0.566. The summed E-state index contributed by atoms with van der Waals surface area (Å²) in [6, 6.07) is 14.3. The Hall–Kier alpha value is -2.53. The molecule has 0 saturated heterocycles. The Morgan fingerprint density at radius 3 is 2.47 bits per heavy atom. The molecular weight excluding hydrogens is 400 g/mol. The van der Waals surface area contributed by atoms with E-state index >= 15 is 0 Å². The van der Waals surface area contributed by atoms with Crippen LogP contribution < -0.4 is 10.1 Å². The van der Waals surface area contributed by atoms with Crippen molar-refractivity contribution in [2.24, 2.45) is 0 Å². The molecule has 0 fully saturated rings. The first-order chi connectivity index (χ1) is 14.5. The van der Waals surface area contributed by atoms with Gasteiger partial charge in [-0.15, -0.1) is 0 Å². The van der Waals surface area contributed by atoms with E-state index in [0.29, 0.717) is 30.3 Å². The summed E-state index contributed by atoms with van der Waals surface area (Å²) in [5.41, 5.74) is 2.08. The van der Waals surface area contributed by atoms with Crippen LogP contribution in [0, 0.1) is 6.92 Å². The van der Waals surface area contributed by atoms with Gasteiger partial charge in [0.2, 0.25) is 5.91 Å². The predicted molar refractivity (Wildman–Crippen MR) is 121 cm³/mol. The number of amides is 2. The summed E-state index contributed by atoms with van der Waals surface area (Å²) in [4.78, 5) is 27.6. The average Bonchev–Trinajstić information content (AvgIpc) is 2.74. The second kappa shape index (κ2) is 12.2. The Kier molecular flexibility index (Phi) is 9.68. The first kappa shape index (κ1) is 23.7. The molecule has 0 aliphatic carbocycles. The van der Waals surface area contributed by atoms with Crippen LogP contribution in [0.1, 0.15) is 44.2 Å². The van der Waals surface area contributed by atoms with E-state index in [0.717, 1.165) is 24.0 Å². The second-order valence-corrected chi connectivity index (χ2v) is 7.64. The Labute approximate surface area is 184 Å². The molecule has 0 saturated carbocycles. The van der Waals surface area contributed by atoms with Crippen LogP contribution in [0.25, 0.3) is 0 Å². The van der Waals surface area contributed by atoms with E-state index < -0.39 is 6.04 Å². The third-order valence-electron chi connectivity index (χ3n) is 5.01. The standard InChI is InChI=1S/C24H31ClN2O3/c1-4-6-15-26-24(29)21(5-2)27(16-19-12-8-7-11-18(19)3)23(28)17-30-22-14-10-9-13-20(22)25/h7-14,21H,4-6,15-17H2,1-3H3,(H,26,29). The van der Waals surface area contributed by atoms with Gasteiger partial charge < -0.3 is 15.0 Å². The highest BCUT2D eigenvalue weighted by atomic mass is 35.5. The number of ether oxygens (including phenoxy) is 1. The maximum atomic E-state index is 13.2. The minimum absolute atomic E-state index is 0.134. The van der Waals surface area contributed by atoms with E-state index in [2.05, 4.69) is 12.2 Å². The maximum Gasteiger partial charge on any atom is 0.261 e. The summed E-state index contributed by atoms with van der Waals surface area (Å²) < 4.78 is 5.67. The van der Waals surface area contributed by atoms with E-state index in [-0.39, 0.29) is 18.4 Å². The van der Waals surface area contributed by atoms with Crippen LogP contribution in [0.2, 0.25) is 5.02 Å². The Morgan fingerprint density at radius 1 is 1.10 bits per heavy atom. The number of benzene rings is 2. The molecule has 1 atom stereocenters. The van der Waals surface area contributed by atoms with Gasteiger partial charge in [0.1, 0.15) is 11.8 Å². The predicted octanol–water partition coefficient (Wildman–Crippen LogP) is 4.75. The molecule has 1 N–H and O–H groups in total. The molecule has 2 amide bonds. The van der Waals surface area contributed by atoms with Crippen LogP contribution >= 0.6 is 11.6 Å². The van der Waals surface area contributed by atoms with Gasteiger partial charge >= 0.3 is 0 Å². The largest absolute Gasteiger partial charge is 0.482 e. The summed E-state index contributed by atoms with van der Waals surface area (Å²) >= 11 is 6.14. The Bertz CT molecular complexity index is 841. The minimum Gasteiger partial charge on any atom is -0.482 e. The molecule has 0 bridgehead atoms. The maximum absolute atomic E-state index is 13.2. The van der Waals surface area contributed by atoms with Gasteiger partial charge in [-0.05, 0) is 43.0 Å². The summed E-state index contributed by atoms with van der Waals surface area (Å²) in [5.74, 6) is 0.0603. The third-order valence-corrected chi connectivity index (χ3v) is 5.32. The summed E-state index contributed by atoms with van der Waals surface area (Å²) in [5, 5.41) is 3.40. The summed E-state index contributed by atoms with van der Waals surface area (Å²) in [6.45, 7) is 6.75. The normalized spacial score (nSPS) is 11.6. The lowest BCUT2D eigenvalue weighted by Gasteiger charge is -2.31. The molecule has 0 spiro atoms. The lowest BCUT2D eigenvalue weighted by molar-refractivity contribution is -0.143. The Balaban J connectivity index is 2.20. The molecule has 2 aromatic rings. The first-order valence-corrected chi connectivity index (χ1v) is 10.8. The fourth-order valence-corrected chi connectivity index (χ4v) is 3.37. The molecule has 2 rings (SSSR count). The quantitative estimate of drug-likeness (QED) is 0.523. The van der Waals surface area contributed by atoms with Gasteiger partial charge in [-0.1, -0.05) is 68.3 Å². The second-order valence-electron chi connectivity index (χ2n) is 7.24. The Morgan fingerprint density at radius 2 is 1.80 bits per heavy atom. The van der Waals surface area contributed by atoms with Crippen LogP contribution in [0.3, 0.4) is 0 Å². The van der Waals surface area contributed by atoms with Gasteiger partial charge in [0.25, 0.3) is 5.91 Å². The summed E-state index contributed by atoms with van der Waals surface area (Å²) in [7, 11) is 0. The molecule has 0 aliphatic rings. The van der Waals surface area contributed by atoms with E-state index in [1.54, 1.807) is 29.2 Å². The zero-order valence-electron chi connectivity index (χ0n) is 18.0. The zero-order valence-corrected chi connectivity index (χ0v) is 18.7. The van der Waals surface area contributed by atoms with Crippen molar-refractivity contribution in [3.8, 4) is 5.75 Å². The van der Waals surface area contributed by atoms with E-state index in [9.17, 15) is 9.59 Å². The number of nitrogens with zero attached hydrogens (tertiary/aromatic N) is 1. The lowest BCUT2D eigenvalue weighted by atomic mass is 10.1. The number of carbonyl (C=O) groups excluding carboxylic acids is 2. The molecule has 0 heterocycles. The molecule has 0 radical (unpaired) electrons. The molecule has 162 valence electrons. The molecule has 5 nitrogen and oxygen atoms in total. The van der Waals surface area contributed by atoms with Crippen LogP contribution in [-0.4, -0.2) is 35.9 Å². The fourth-order valence-electron chi connectivity index (χ4n) is 3.18. The first-order valence-electron chi connectivity index (χ1n) is 10.5. The van der Waals surface area contributed by atoms with Crippen LogP contribution in [-0.2, 0) is 16.1 Å². The molecule has 1 unspecified atom stereocenters. The number of nitrogens with one attached hydrogen (secondary N) is 1. The molecule has 30 heavy (non-hydrogen) atoms. The highest BCUT2D eigenvalue weighted by Gasteiger charge is 2.29. The highest BCUT2D eigenvalue weighted by molar-refractivity contribution is 6.32. The number of unbranched alkanes of at least 4 members (excludes halogenated alkanes) is 1. The number of carbonyl (C=O) groups is 2. The smallest absolute Gasteiger partial charge is 0.261 e. The molecular formula is C24H31ClN2O3. The number of rotatable bonds is 11. The molecule has 2 aromatic carbocycles. The molecule has 0 aliphatic heterocycles. The van der Waals surface area contributed by atoms with E-state index in [1.165, 1.54) is 0 Å². The van der Waals surface area contributed by atoms with E-state index in [1.807, 2.05) is 38.1 Å². The monoisotopic (exact) mass is 430 g/mol. The van der Waals surface area contributed by atoms with Crippen LogP contribution in [0.5, 0.6) is 5.75 Å². The van der Waals surface area contributed by atoms with Gasteiger partial charge in [0.15, 0.2) is 6.61 Å². The molecule has 6 heteroatoms. The van der Waals surface area contributed by atoms with Crippen molar-refractivity contribution in [2.75, 3.05) is 13.2 Å². The third kappa shape index (κ3) is 6.77. The van der Waals surface area contributed by atoms with Crippen molar-refractivity contribution in [2.45, 2.75) is 52.6 Å². The number of para-hydroxylation sites is 1. The van der Waals surface area contributed by atoms with Crippen molar-refractivity contribution in [1.29, 1.82) is 0 Å². The summed E-state index contributed by atoms with van der Waals surface area (Å²) in [6.07, 6.45) is 2.42. The van der Waals surface area contributed by atoms with Crippen molar-refractivity contribution in [3.63, 3.8) is 0 Å².